The van der Waals surface area contributed by atoms with Crippen molar-refractivity contribution in [3.05, 3.63) is 16.0 Å². The Kier molecular flexibility index (Phi) is 4.91. The molecule has 1 rings (SSSR count). The third-order valence-corrected chi connectivity index (χ3v) is 2.57. The molecule has 0 aromatic carbocycles. The van der Waals surface area contributed by atoms with Crippen LogP contribution in [-0.2, 0) is 9.53 Å². The van der Waals surface area contributed by atoms with Crippen LogP contribution in [0.3, 0.4) is 0 Å². The molecule has 0 bridgehead atoms. The van der Waals surface area contributed by atoms with Crippen LogP contribution in [0.1, 0.15) is 13.8 Å². The highest BCUT2D eigenvalue weighted by molar-refractivity contribution is 14.1. The Morgan fingerprint density at radius 1 is 1.50 bits per heavy atom. The van der Waals surface area contributed by atoms with Crippen molar-refractivity contribution in [2.45, 2.75) is 19.9 Å². The molecule has 1 aromatic heterocycles. The molecule has 0 atom stereocenters. The molecule has 1 aromatic rings. The van der Waals surface area contributed by atoms with Gasteiger partial charge in [0.2, 0.25) is 5.95 Å². The van der Waals surface area contributed by atoms with Gasteiger partial charge in [-0.15, -0.1) is 0 Å². The molecule has 0 fully saturated rings. The van der Waals surface area contributed by atoms with E-state index in [0.29, 0.717) is 5.95 Å². The number of methoxy groups -OCH3 is 1. The van der Waals surface area contributed by atoms with E-state index >= 15 is 0 Å². The van der Waals surface area contributed by atoms with Crippen molar-refractivity contribution in [2.24, 2.45) is 0 Å². The van der Waals surface area contributed by atoms with Gasteiger partial charge in [0.1, 0.15) is 6.54 Å². The van der Waals surface area contributed by atoms with Gasteiger partial charge in [0.15, 0.2) is 0 Å². The van der Waals surface area contributed by atoms with Gasteiger partial charge in [0.25, 0.3) is 0 Å². The van der Waals surface area contributed by atoms with Gasteiger partial charge in [-0.2, -0.15) is 0 Å². The summed E-state index contributed by atoms with van der Waals surface area (Å²) in [6, 6.07) is 0.138. The number of hydrogen-bond donors (Lipinski definition) is 0. The Bertz CT molecular complexity index is 354. The minimum absolute atomic E-state index is 0.138. The standard InChI is InChI=1S/C10H14IN3O2/c1-7(2)14(6-9(15)16-3)10-12-4-8(11)5-13-10/h4-5,7H,6H2,1-3H3. The van der Waals surface area contributed by atoms with Crippen LogP contribution in [0.5, 0.6) is 0 Å². The highest BCUT2D eigenvalue weighted by Crippen LogP contribution is 2.11. The van der Waals surface area contributed by atoms with E-state index in [4.69, 9.17) is 0 Å². The summed E-state index contributed by atoms with van der Waals surface area (Å²) in [5.41, 5.74) is 0. The molecule has 0 aliphatic heterocycles. The molecule has 0 unspecified atom stereocenters. The fourth-order valence-corrected chi connectivity index (χ4v) is 1.42. The Balaban J connectivity index is 2.85. The molecular weight excluding hydrogens is 321 g/mol. The number of hydrogen-bond acceptors (Lipinski definition) is 5. The van der Waals surface area contributed by atoms with Gasteiger partial charge in [-0.3, -0.25) is 4.79 Å². The summed E-state index contributed by atoms with van der Waals surface area (Å²) in [6.07, 6.45) is 3.44. The van der Waals surface area contributed by atoms with E-state index in [1.165, 1.54) is 7.11 Å². The summed E-state index contributed by atoms with van der Waals surface area (Å²) in [6.45, 7) is 4.11. The number of anilines is 1. The summed E-state index contributed by atoms with van der Waals surface area (Å²) in [7, 11) is 1.37. The molecule has 5 nitrogen and oxygen atoms in total. The number of carbonyl (C=O) groups is 1. The van der Waals surface area contributed by atoms with Crippen LogP contribution in [0, 0.1) is 3.57 Å². The zero-order valence-corrected chi connectivity index (χ0v) is 11.6. The smallest absolute Gasteiger partial charge is 0.325 e. The molecule has 0 aliphatic carbocycles. The molecule has 0 saturated heterocycles. The minimum atomic E-state index is -0.296. The van der Waals surface area contributed by atoms with Crippen LogP contribution < -0.4 is 4.90 Å². The van der Waals surface area contributed by atoms with Crippen LogP contribution in [0.4, 0.5) is 5.95 Å². The first-order chi connectivity index (χ1) is 7.54. The third-order valence-electron chi connectivity index (χ3n) is 2.01. The number of aromatic nitrogens is 2. The molecular formula is C10H14IN3O2. The number of nitrogens with zero attached hydrogens (tertiary/aromatic N) is 3. The van der Waals surface area contributed by atoms with E-state index in [0.717, 1.165) is 3.57 Å². The molecule has 0 spiro atoms. The van der Waals surface area contributed by atoms with E-state index in [-0.39, 0.29) is 18.6 Å². The number of rotatable bonds is 4. The van der Waals surface area contributed by atoms with Crippen molar-refractivity contribution >= 4 is 34.5 Å². The first-order valence-corrected chi connectivity index (χ1v) is 5.93. The average molecular weight is 335 g/mol. The lowest BCUT2D eigenvalue weighted by Gasteiger charge is -2.25. The Morgan fingerprint density at radius 2 is 2.06 bits per heavy atom. The SMILES string of the molecule is COC(=O)CN(c1ncc(I)cn1)C(C)C. The van der Waals surface area contributed by atoms with Gasteiger partial charge in [0.05, 0.1) is 7.11 Å². The molecule has 6 heteroatoms. The van der Waals surface area contributed by atoms with Crippen LogP contribution in [-0.4, -0.2) is 35.6 Å². The molecule has 0 N–H and O–H groups in total. The van der Waals surface area contributed by atoms with Crippen molar-refractivity contribution < 1.29 is 9.53 Å². The maximum absolute atomic E-state index is 11.2. The Hall–Kier alpha value is -0.920. The van der Waals surface area contributed by atoms with Crippen molar-refractivity contribution in [3.8, 4) is 0 Å². The van der Waals surface area contributed by atoms with Crippen molar-refractivity contribution in [1.82, 2.24) is 9.97 Å². The van der Waals surface area contributed by atoms with Crippen LogP contribution in [0.25, 0.3) is 0 Å². The molecule has 0 aliphatic rings. The molecule has 88 valence electrons. The van der Waals surface area contributed by atoms with E-state index in [1.807, 2.05) is 13.8 Å². The van der Waals surface area contributed by atoms with Crippen LogP contribution in [0.2, 0.25) is 0 Å². The summed E-state index contributed by atoms with van der Waals surface area (Å²) in [5, 5.41) is 0. The molecule has 1 heterocycles. The Labute approximate surface area is 108 Å². The lowest BCUT2D eigenvalue weighted by Crippen LogP contribution is -2.37. The number of carbonyl (C=O) groups excluding carboxylic acids is 1. The summed E-state index contributed by atoms with van der Waals surface area (Å²) < 4.78 is 5.60. The van der Waals surface area contributed by atoms with E-state index in [9.17, 15) is 4.79 Å². The largest absolute Gasteiger partial charge is 0.468 e. The fourth-order valence-electron chi connectivity index (χ4n) is 1.14. The molecule has 0 saturated carbocycles. The van der Waals surface area contributed by atoms with Gasteiger partial charge < -0.3 is 9.64 Å². The monoisotopic (exact) mass is 335 g/mol. The zero-order chi connectivity index (χ0) is 12.1. The summed E-state index contributed by atoms with van der Waals surface area (Å²) >= 11 is 2.13. The van der Waals surface area contributed by atoms with Crippen LogP contribution >= 0.6 is 22.6 Å². The second-order valence-electron chi connectivity index (χ2n) is 3.50. The van der Waals surface area contributed by atoms with Gasteiger partial charge in [-0.25, -0.2) is 9.97 Å². The van der Waals surface area contributed by atoms with E-state index in [2.05, 4.69) is 37.3 Å². The minimum Gasteiger partial charge on any atom is -0.468 e. The quantitative estimate of drug-likeness (QED) is 0.616. The average Bonchev–Trinajstić information content (AvgIpc) is 2.26. The lowest BCUT2D eigenvalue weighted by molar-refractivity contribution is -0.139. The molecule has 0 amide bonds. The maximum atomic E-state index is 11.2. The Morgan fingerprint density at radius 3 is 2.50 bits per heavy atom. The molecule has 0 radical (unpaired) electrons. The number of ether oxygens (including phenoxy) is 1. The van der Waals surface area contributed by atoms with Crippen molar-refractivity contribution in [2.75, 3.05) is 18.6 Å². The normalized spacial score (nSPS) is 10.3. The zero-order valence-electron chi connectivity index (χ0n) is 9.48. The van der Waals surface area contributed by atoms with Gasteiger partial charge in [0, 0.05) is 22.0 Å². The van der Waals surface area contributed by atoms with Gasteiger partial charge in [-0.05, 0) is 36.4 Å². The van der Waals surface area contributed by atoms with Crippen molar-refractivity contribution in [3.63, 3.8) is 0 Å². The fraction of sp³-hybridized carbons (Fsp3) is 0.500. The highest BCUT2D eigenvalue weighted by atomic mass is 127. The molecule has 16 heavy (non-hydrogen) atoms. The first kappa shape index (κ1) is 13.1. The first-order valence-electron chi connectivity index (χ1n) is 4.85. The van der Waals surface area contributed by atoms with Gasteiger partial charge >= 0.3 is 5.97 Å². The predicted octanol–water partition coefficient (Wildman–Crippen LogP) is 1.47. The third kappa shape index (κ3) is 3.58. The predicted molar refractivity (Wildman–Crippen MR) is 69.2 cm³/mol. The summed E-state index contributed by atoms with van der Waals surface area (Å²) in [4.78, 5) is 21.4. The number of halogens is 1. The van der Waals surface area contributed by atoms with Crippen molar-refractivity contribution in [1.29, 1.82) is 0 Å². The lowest BCUT2D eigenvalue weighted by atomic mass is 10.3. The van der Waals surface area contributed by atoms with E-state index in [1.54, 1.807) is 17.3 Å². The van der Waals surface area contributed by atoms with Crippen LogP contribution in [0.15, 0.2) is 12.4 Å². The number of esters is 1. The van der Waals surface area contributed by atoms with E-state index < -0.39 is 0 Å². The van der Waals surface area contributed by atoms with Gasteiger partial charge in [-0.1, -0.05) is 0 Å². The topological polar surface area (TPSA) is 55.3 Å². The summed E-state index contributed by atoms with van der Waals surface area (Å²) in [5.74, 6) is 0.247. The second kappa shape index (κ2) is 5.97. The maximum Gasteiger partial charge on any atom is 0.325 e. The highest BCUT2D eigenvalue weighted by Gasteiger charge is 2.17. The second-order valence-corrected chi connectivity index (χ2v) is 4.74.